The largest absolute Gasteiger partial charge is 0.348 e. The van der Waals surface area contributed by atoms with E-state index in [-0.39, 0.29) is 11.8 Å². The Morgan fingerprint density at radius 2 is 2.25 bits per heavy atom. The third-order valence-electron chi connectivity index (χ3n) is 3.19. The standard InChI is InChI=1S/C11H18N4O/c1-8(10-13-4-5-14-10)9(12)11(16)15-6-2-3-7-15/h4-5,8-9H,2-3,6-7,12H2,1H3,(H,13,14)/t8-,9?/m0/s1. The van der Waals surface area contributed by atoms with Gasteiger partial charge in [0.2, 0.25) is 5.91 Å². The topological polar surface area (TPSA) is 75.0 Å². The lowest BCUT2D eigenvalue weighted by Crippen LogP contribution is -2.45. The maximum atomic E-state index is 12.0. The number of nitrogens with two attached hydrogens (primary N) is 1. The first-order valence-corrected chi connectivity index (χ1v) is 5.74. The molecule has 2 heterocycles. The summed E-state index contributed by atoms with van der Waals surface area (Å²) in [5.41, 5.74) is 5.98. The van der Waals surface area contributed by atoms with Gasteiger partial charge in [0, 0.05) is 31.4 Å². The monoisotopic (exact) mass is 222 g/mol. The highest BCUT2D eigenvalue weighted by Gasteiger charge is 2.29. The lowest BCUT2D eigenvalue weighted by atomic mass is 10.0. The van der Waals surface area contributed by atoms with Crippen LogP contribution >= 0.6 is 0 Å². The summed E-state index contributed by atoms with van der Waals surface area (Å²) in [5.74, 6) is 0.754. The van der Waals surface area contributed by atoms with Crippen LogP contribution in [0.1, 0.15) is 31.5 Å². The van der Waals surface area contributed by atoms with Crippen molar-refractivity contribution in [2.75, 3.05) is 13.1 Å². The summed E-state index contributed by atoms with van der Waals surface area (Å²) in [6, 6.07) is -0.496. The van der Waals surface area contributed by atoms with E-state index in [0.29, 0.717) is 0 Å². The number of aromatic amines is 1. The van der Waals surface area contributed by atoms with E-state index in [1.54, 1.807) is 12.4 Å². The molecule has 0 radical (unpaired) electrons. The number of imidazole rings is 1. The molecule has 1 aliphatic heterocycles. The van der Waals surface area contributed by atoms with Gasteiger partial charge in [-0.05, 0) is 12.8 Å². The molecule has 2 rings (SSSR count). The second-order valence-electron chi connectivity index (χ2n) is 4.32. The quantitative estimate of drug-likeness (QED) is 0.780. The molecule has 0 saturated carbocycles. The van der Waals surface area contributed by atoms with E-state index in [2.05, 4.69) is 9.97 Å². The first-order valence-electron chi connectivity index (χ1n) is 5.74. The lowest BCUT2D eigenvalue weighted by Gasteiger charge is -2.23. The predicted molar refractivity (Wildman–Crippen MR) is 60.8 cm³/mol. The summed E-state index contributed by atoms with van der Waals surface area (Å²) in [5, 5.41) is 0. The Balaban J connectivity index is 2.01. The smallest absolute Gasteiger partial charge is 0.240 e. The zero-order chi connectivity index (χ0) is 11.5. The molecule has 1 aromatic rings. The van der Waals surface area contributed by atoms with E-state index in [9.17, 15) is 4.79 Å². The second-order valence-corrected chi connectivity index (χ2v) is 4.32. The first kappa shape index (κ1) is 11.1. The molecular formula is C11H18N4O. The molecule has 0 bridgehead atoms. The van der Waals surface area contributed by atoms with Gasteiger partial charge in [0.15, 0.2) is 0 Å². The Hall–Kier alpha value is -1.36. The molecule has 1 fully saturated rings. The molecule has 1 unspecified atom stereocenters. The van der Waals surface area contributed by atoms with E-state index in [4.69, 9.17) is 5.73 Å². The number of H-pyrrole nitrogens is 1. The van der Waals surface area contributed by atoms with Crippen molar-refractivity contribution in [3.63, 3.8) is 0 Å². The van der Waals surface area contributed by atoms with E-state index in [1.165, 1.54) is 0 Å². The summed E-state index contributed by atoms with van der Waals surface area (Å²) in [6.45, 7) is 3.62. The maximum absolute atomic E-state index is 12.0. The molecule has 5 heteroatoms. The van der Waals surface area contributed by atoms with Crippen molar-refractivity contribution < 1.29 is 4.79 Å². The van der Waals surface area contributed by atoms with Crippen molar-refractivity contribution in [3.8, 4) is 0 Å². The minimum atomic E-state index is -0.496. The van der Waals surface area contributed by atoms with Gasteiger partial charge in [-0.3, -0.25) is 4.79 Å². The number of nitrogens with zero attached hydrogens (tertiary/aromatic N) is 2. The van der Waals surface area contributed by atoms with Gasteiger partial charge in [0.25, 0.3) is 0 Å². The SMILES string of the molecule is C[C@H](c1ncc[nH]1)C(N)C(=O)N1CCCC1. The van der Waals surface area contributed by atoms with Crippen LogP contribution in [0.3, 0.4) is 0 Å². The van der Waals surface area contributed by atoms with Crippen molar-refractivity contribution in [1.82, 2.24) is 14.9 Å². The highest BCUT2D eigenvalue weighted by molar-refractivity contribution is 5.82. The van der Waals surface area contributed by atoms with Crippen LogP contribution in [-0.4, -0.2) is 39.9 Å². The molecule has 5 nitrogen and oxygen atoms in total. The molecule has 16 heavy (non-hydrogen) atoms. The Morgan fingerprint density at radius 3 is 2.81 bits per heavy atom. The fourth-order valence-corrected chi connectivity index (χ4v) is 2.06. The van der Waals surface area contributed by atoms with E-state index < -0.39 is 6.04 Å². The van der Waals surface area contributed by atoms with Crippen LogP contribution < -0.4 is 5.73 Å². The van der Waals surface area contributed by atoms with Gasteiger partial charge in [0.05, 0.1) is 6.04 Å². The maximum Gasteiger partial charge on any atom is 0.240 e. The summed E-state index contributed by atoms with van der Waals surface area (Å²) in [6.07, 6.45) is 5.61. The van der Waals surface area contributed by atoms with Gasteiger partial charge in [0.1, 0.15) is 5.82 Å². The number of aromatic nitrogens is 2. The summed E-state index contributed by atoms with van der Waals surface area (Å²) < 4.78 is 0. The van der Waals surface area contributed by atoms with Crippen LogP contribution in [0.4, 0.5) is 0 Å². The van der Waals surface area contributed by atoms with Crippen LogP contribution in [0, 0.1) is 0 Å². The molecule has 1 aliphatic rings. The number of nitrogens with one attached hydrogen (secondary N) is 1. The molecule has 3 N–H and O–H groups in total. The molecule has 0 spiro atoms. The van der Waals surface area contributed by atoms with Gasteiger partial charge >= 0.3 is 0 Å². The number of likely N-dealkylation sites (tertiary alicyclic amines) is 1. The Kier molecular flexibility index (Phi) is 3.24. The van der Waals surface area contributed by atoms with Crippen LogP contribution in [0.2, 0.25) is 0 Å². The predicted octanol–water partition coefficient (Wildman–Crippen LogP) is 0.463. The fraction of sp³-hybridized carbons (Fsp3) is 0.636. The third-order valence-corrected chi connectivity index (χ3v) is 3.19. The average molecular weight is 222 g/mol. The van der Waals surface area contributed by atoms with Crippen molar-refractivity contribution in [3.05, 3.63) is 18.2 Å². The molecule has 0 aromatic carbocycles. The van der Waals surface area contributed by atoms with E-state index in [0.717, 1.165) is 31.8 Å². The molecule has 2 atom stereocenters. The van der Waals surface area contributed by atoms with Crippen LogP contribution in [0.5, 0.6) is 0 Å². The molecular weight excluding hydrogens is 204 g/mol. The van der Waals surface area contributed by atoms with Crippen molar-refractivity contribution >= 4 is 5.91 Å². The van der Waals surface area contributed by atoms with Crippen LogP contribution in [-0.2, 0) is 4.79 Å². The van der Waals surface area contributed by atoms with Gasteiger partial charge in [-0.2, -0.15) is 0 Å². The van der Waals surface area contributed by atoms with Crippen LogP contribution in [0.25, 0.3) is 0 Å². The Bertz CT molecular complexity index is 343. The minimum absolute atomic E-state index is 0.0430. The van der Waals surface area contributed by atoms with Crippen molar-refractivity contribution in [1.29, 1.82) is 0 Å². The number of carbonyl (C=O) groups is 1. The number of hydrogen-bond donors (Lipinski definition) is 2. The van der Waals surface area contributed by atoms with Gasteiger partial charge in [-0.25, -0.2) is 4.98 Å². The van der Waals surface area contributed by atoms with Crippen molar-refractivity contribution in [2.24, 2.45) is 5.73 Å². The van der Waals surface area contributed by atoms with Gasteiger partial charge in [-0.1, -0.05) is 6.92 Å². The molecule has 88 valence electrons. The molecule has 1 saturated heterocycles. The minimum Gasteiger partial charge on any atom is -0.348 e. The summed E-state index contributed by atoms with van der Waals surface area (Å²) >= 11 is 0. The van der Waals surface area contributed by atoms with E-state index in [1.807, 2.05) is 11.8 Å². The number of rotatable bonds is 3. The molecule has 0 aliphatic carbocycles. The normalized spacial score (nSPS) is 19.8. The van der Waals surface area contributed by atoms with Crippen LogP contribution in [0.15, 0.2) is 12.4 Å². The summed E-state index contributed by atoms with van der Waals surface area (Å²) in [7, 11) is 0. The van der Waals surface area contributed by atoms with Crippen molar-refractivity contribution in [2.45, 2.75) is 31.7 Å². The average Bonchev–Trinajstić information content (AvgIpc) is 2.97. The molecule has 1 aromatic heterocycles. The highest BCUT2D eigenvalue weighted by atomic mass is 16.2. The third kappa shape index (κ3) is 2.09. The van der Waals surface area contributed by atoms with Gasteiger partial charge in [-0.15, -0.1) is 0 Å². The van der Waals surface area contributed by atoms with Gasteiger partial charge < -0.3 is 15.6 Å². The Morgan fingerprint density at radius 1 is 1.56 bits per heavy atom. The zero-order valence-electron chi connectivity index (χ0n) is 9.52. The highest BCUT2D eigenvalue weighted by Crippen LogP contribution is 2.17. The number of carbonyl (C=O) groups excluding carboxylic acids is 1. The summed E-state index contributed by atoms with van der Waals surface area (Å²) in [4.78, 5) is 21.0. The number of amides is 1. The number of hydrogen-bond acceptors (Lipinski definition) is 3. The first-order chi connectivity index (χ1) is 7.70. The van der Waals surface area contributed by atoms with E-state index >= 15 is 0 Å². The fourth-order valence-electron chi connectivity index (χ4n) is 2.06. The second kappa shape index (κ2) is 4.65. The molecule has 1 amide bonds. The lowest BCUT2D eigenvalue weighted by molar-refractivity contribution is -0.132. The Labute approximate surface area is 95.0 Å². The zero-order valence-corrected chi connectivity index (χ0v) is 9.52.